The molecule has 0 radical (unpaired) electrons. The average molecular weight is 423 g/mol. The third-order valence-corrected chi connectivity index (χ3v) is 8.30. The first-order valence-corrected chi connectivity index (χ1v) is 11.5. The van der Waals surface area contributed by atoms with Gasteiger partial charge in [0.1, 0.15) is 4.90 Å². The highest BCUT2D eigenvalue weighted by Crippen LogP contribution is 2.54. The lowest BCUT2D eigenvalue weighted by Crippen LogP contribution is -2.41. The van der Waals surface area contributed by atoms with Crippen molar-refractivity contribution in [3.05, 3.63) is 66.6 Å². The van der Waals surface area contributed by atoms with Crippen LogP contribution in [0.3, 0.4) is 0 Å². The van der Waals surface area contributed by atoms with Crippen LogP contribution in [0.15, 0.2) is 66.0 Å². The molecule has 1 amide bonds. The molecule has 3 heterocycles. The maximum atomic E-state index is 13.3. The molecule has 1 unspecified atom stereocenters. The predicted octanol–water partition coefficient (Wildman–Crippen LogP) is 2.60. The van der Waals surface area contributed by atoms with Crippen LogP contribution >= 0.6 is 0 Å². The number of para-hydroxylation sites is 1. The highest BCUT2D eigenvalue weighted by Gasteiger charge is 2.56. The summed E-state index contributed by atoms with van der Waals surface area (Å²) in [5, 5.41) is 3.91. The molecule has 5 rings (SSSR count). The first kappa shape index (κ1) is 19.1. The van der Waals surface area contributed by atoms with Crippen LogP contribution in [0.25, 0.3) is 10.9 Å². The molecule has 1 atom stereocenters. The van der Waals surface area contributed by atoms with Crippen LogP contribution in [0.5, 0.6) is 0 Å². The predicted molar refractivity (Wildman–Crippen MR) is 112 cm³/mol. The van der Waals surface area contributed by atoms with Gasteiger partial charge in [-0.15, -0.1) is 0 Å². The second-order valence-electron chi connectivity index (χ2n) is 8.06. The fourth-order valence-electron chi connectivity index (χ4n) is 4.44. The number of carbonyl (C=O) groups is 1. The quantitative estimate of drug-likeness (QED) is 0.698. The van der Waals surface area contributed by atoms with Crippen molar-refractivity contribution in [1.29, 1.82) is 0 Å². The molecule has 1 aliphatic heterocycles. The summed E-state index contributed by atoms with van der Waals surface area (Å²) < 4.78 is 28.1. The molecule has 1 aliphatic carbocycles. The van der Waals surface area contributed by atoms with Gasteiger partial charge in [-0.1, -0.05) is 18.2 Å². The number of fused-ring (bicyclic) bond motifs is 1. The summed E-state index contributed by atoms with van der Waals surface area (Å²) in [6.45, 7) is 0.903. The Balaban J connectivity index is 1.28. The Morgan fingerprint density at radius 1 is 1.03 bits per heavy atom. The number of pyridine rings is 2. The van der Waals surface area contributed by atoms with Gasteiger partial charge in [0.05, 0.1) is 5.52 Å². The summed E-state index contributed by atoms with van der Waals surface area (Å²) in [5.41, 5.74) is 1.11. The van der Waals surface area contributed by atoms with E-state index in [-0.39, 0.29) is 22.3 Å². The van der Waals surface area contributed by atoms with Crippen molar-refractivity contribution in [3.8, 4) is 0 Å². The van der Waals surface area contributed by atoms with Gasteiger partial charge in [0.15, 0.2) is 0 Å². The zero-order valence-corrected chi connectivity index (χ0v) is 17.2. The van der Waals surface area contributed by atoms with Crippen LogP contribution in [0, 0.1) is 5.41 Å². The Hall–Kier alpha value is -2.84. The standard InChI is InChI=1S/C22H22N4O3S/c27-21(17-6-11-23-12-7-17)25-19-15-22(19)8-13-26(14-9-22)30(28,29)18-5-1-3-16-4-2-10-24-20(16)18/h1-7,10-12,19H,8-9,13-15H2,(H,25,27). The second-order valence-corrected chi connectivity index (χ2v) is 9.97. The van der Waals surface area contributed by atoms with Crippen LogP contribution in [0.4, 0.5) is 0 Å². The molecule has 1 saturated carbocycles. The first-order valence-electron chi connectivity index (χ1n) is 10.0. The number of hydrogen-bond donors (Lipinski definition) is 1. The van der Waals surface area contributed by atoms with E-state index in [1.54, 1.807) is 53.2 Å². The molecule has 1 saturated heterocycles. The molecule has 7 nitrogen and oxygen atoms in total. The summed E-state index contributed by atoms with van der Waals surface area (Å²) in [4.78, 5) is 20.9. The molecule has 2 aromatic heterocycles. The normalized spacial score (nSPS) is 20.9. The van der Waals surface area contributed by atoms with E-state index < -0.39 is 10.0 Å². The number of hydrogen-bond acceptors (Lipinski definition) is 5. The molecule has 8 heteroatoms. The van der Waals surface area contributed by atoms with Crippen molar-refractivity contribution in [1.82, 2.24) is 19.6 Å². The Morgan fingerprint density at radius 2 is 1.77 bits per heavy atom. The van der Waals surface area contributed by atoms with Gasteiger partial charge in [-0.2, -0.15) is 4.31 Å². The van der Waals surface area contributed by atoms with Crippen LogP contribution < -0.4 is 5.32 Å². The van der Waals surface area contributed by atoms with Gasteiger partial charge in [0.25, 0.3) is 5.91 Å². The third-order valence-electron chi connectivity index (χ3n) is 6.37. The van der Waals surface area contributed by atoms with Crippen molar-refractivity contribution in [2.75, 3.05) is 13.1 Å². The number of benzene rings is 1. The van der Waals surface area contributed by atoms with Crippen LogP contribution in [0.2, 0.25) is 0 Å². The smallest absolute Gasteiger partial charge is 0.251 e. The SMILES string of the molecule is O=C(NC1CC12CCN(S(=O)(=O)c1cccc3cccnc13)CC2)c1ccncc1. The number of carbonyl (C=O) groups excluding carboxylic acids is 1. The molecule has 0 bridgehead atoms. The lowest BCUT2D eigenvalue weighted by molar-refractivity contribution is 0.0940. The molecule has 30 heavy (non-hydrogen) atoms. The fourth-order valence-corrected chi connectivity index (χ4v) is 6.05. The lowest BCUT2D eigenvalue weighted by Gasteiger charge is -2.32. The van der Waals surface area contributed by atoms with Gasteiger partial charge in [-0.3, -0.25) is 14.8 Å². The highest BCUT2D eigenvalue weighted by atomic mass is 32.2. The van der Waals surface area contributed by atoms with E-state index in [4.69, 9.17) is 0 Å². The van der Waals surface area contributed by atoms with Crippen molar-refractivity contribution in [3.63, 3.8) is 0 Å². The molecule has 1 N–H and O–H groups in total. The first-order chi connectivity index (χ1) is 14.5. The number of amides is 1. The maximum Gasteiger partial charge on any atom is 0.251 e. The molecule has 1 aromatic carbocycles. The number of nitrogens with one attached hydrogen (secondary N) is 1. The summed E-state index contributed by atoms with van der Waals surface area (Å²) in [6, 6.07) is 12.4. The second kappa shape index (κ2) is 7.14. The Kier molecular flexibility index (Phi) is 4.56. The fraction of sp³-hybridized carbons (Fsp3) is 0.318. The molecule has 1 spiro atoms. The van der Waals surface area contributed by atoms with Crippen molar-refractivity contribution < 1.29 is 13.2 Å². The van der Waals surface area contributed by atoms with Crippen molar-refractivity contribution in [2.45, 2.75) is 30.2 Å². The Labute approximate surface area is 175 Å². The van der Waals surface area contributed by atoms with Crippen LogP contribution in [-0.2, 0) is 10.0 Å². The van der Waals surface area contributed by atoms with E-state index in [9.17, 15) is 13.2 Å². The number of aromatic nitrogens is 2. The molecular formula is C22H22N4O3S. The maximum absolute atomic E-state index is 13.3. The highest BCUT2D eigenvalue weighted by molar-refractivity contribution is 7.89. The van der Waals surface area contributed by atoms with E-state index in [1.807, 2.05) is 12.1 Å². The zero-order chi connectivity index (χ0) is 20.8. The van der Waals surface area contributed by atoms with Crippen LogP contribution in [0.1, 0.15) is 29.6 Å². The van der Waals surface area contributed by atoms with Gasteiger partial charge in [-0.25, -0.2) is 8.42 Å². The van der Waals surface area contributed by atoms with E-state index in [2.05, 4.69) is 15.3 Å². The van der Waals surface area contributed by atoms with Gasteiger partial charge >= 0.3 is 0 Å². The lowest BCUT2D eigenvalue weighted by atomic mass is 9.94. The number of rotatable bonds is 4. The molecule has 2 aliphatic rings. The molecule has 154 valence electrons. The van der Waals surface area contributed by atoms with Crippen LogP contribution in [-0.4, -0.2) is 47.7 Å². The molecule has 2 fully saturated rings. The topological polar surface area (TPSA) is 92.3 Å². The largest absolute Gasteiger partial charge is 0.349 e. The summed E-state index contributed by atoms with van der Waals surface area (Å²) in [6.07, 6.45) is 7.20. The van der Waals surface area contributed by atoms with E-state index >= 15 is 0 Å². The summed E-state index contributed by atoms with van der Waals surface area (Å²) >= 11 is 0. The Bertz CT molecular complexity index is 1200. The number of nitrogens with zero attached hydrogens (tertiary/aromatic N) is 3. The van der Waals surface area contributed by atoms with Crippen molar-refractivity contribution >= 4 is 26.8 Å². The van der Waals surface area contributed by atoms with Gasteiger partial charge < -0.3 is 5.32 Å². The van der Waals surface area contributed by atoms with Crippen molar-refractivity contribution in [2.24, 2.45) is 5.41 Å². The molecular weight excluding hydrogens is 400 g/mol. The van der Waals surface area contributed by atoms with E-state index in [0.29, 0.717) is 24.2 Å². The minimum absolute atomic E-state index is 0.00567. The third kappa shape index (κ3) is 3.26. The summed E-state index contributed by atoms with van der Waals surface area (Å²) in [5.74, 6) is -0.101. The molecule has 3 aromatic rings. The monoisotopic (exact) mass is 422 g/mol. The van der Waals surface area contributed by atoms with Gasteiger partial charge in [0.2, 0.25) is 10.0 Å². The van der Waals surface area contributed by atoms with Gasteiger partial charge in [-0.05, 0) is 48.9 Å². The number of sulfonamides is 1. The van der Waals surface area contributed by atoms with Gasteiger partial charge in [0, 0.05) is 48.7 Å². The number of piperidine rings is 1. The minimum atomic E-state index is -3.62. The zero-order valence-electron chi connectivity index (χ0n) is 16.4. The van der Waals surface area contributed by atoms with E-state index in [1.165, 1.54) is 0 Å². The minimum Gasteiger partial charge on any atom is -0.349 e. The summed E-state index contributed by atoms with van der Waals surface area (Å²) in [7, 11) is -3.62. The Morgan fingerprint density at radius 3 is 2.53 bits per heavy atom. The van der Waals surface area contributed by atoms with E-state index in [0.717, 1.165) is 24.6 Å². The average Bonchev–Trinajstić information content (AvgIpc) is 3.44.